The molecule has 1 aliphatic carbocycles. The Morgan fingerprint density at radius 2 is 2.00 bits per heavy atom. The SMILES string of the molecule is CCCCC(O)c1ccc([C@@H]2[C@@H](C/C=C\CCCC(=O)OC)[C@@H](Cl)C[C@H]2O)cc1. The van der Waals surface area contributed by atoms with Gasteiger partial charge in [0.15, 0.2) is 0 Å². The van der Waals surface area contributed by atoms with Crippen LogP contribution in [0.5, 0.6) is 0 Å². The lowest BCUT2D eigenvalue weighted by atomic mass is 9.84. The number of allylic oxidation sites excluding steroid dienone is 2. The number of aliphatic hydroxyl groups excluding tert-OH is 2. The van der Waals surface area contributed by atoms with E-state index >= 15 is 0 Å². The molecule has 0 aliphatic heterocycles. The van der Waals surface area contributed by atoms with E-state index in [4.69, 9.17) is 11.6 Å². The van der Waals surface area contributed by atoms with Crippen molar-refractivity contribution in [2.75, 3.05) is 7.11 Å². The first-order chi connectivity index (χ1) is 14.0. The van der Waals surface area contributed by atoms with Gasteiger partial charge in [0.2, 0.25) is 0 Å². The second-order valence-corrected chi connectivity index (χ2v) is 8.57. The van der Waals surface area contributed by atoms with Crippen molar-refractivity contribution in [1.29, 1.82) is 0 Å². The smallest absolute Gasteiger partial charge is 0.305 e. The number of hydrogen-bond acceptors (Lipinski definition) is 4. The van der Waals surface area contributed by atoms with E-state index in [0.29, 0.717) is 12.8 Å². The van der Waals surface area contributed by atoms with Crippen molar-refractivity contribution in [3.63, 3.8) is 0 Å². The van der Waals surface area contributed by atoms with Crippen molar-refractivity contribution >= 4 is 17.6 Å². The predicted octanol–water partition coefficient (Wildman–Crippen LogP) is 5.27. The molecule has 2 rings (SSSR count). The van der Waals surface area contributed by atoms with E-state index in [-0.39, 0.29) is 23.2 Å². The Morgan fingerprint density at radius 1 is 1.28 bits per heavy atom. The molecular weight excluding hydrogens is 388 g/mol. The van der Waals surface area contributed by atoms with E-state index in [0.717, 1.165) is 49.7 Å². The summed E-state index contributed by atoms with van der Waals surface area (Å²) in [7, 11) is 1.41. The Labute approximate surface area is 179 Å². The molecule has 2 N–H and O–H groups in total. The summed E-state index contributed by atoms with van der Waals surface area (Å²) in [6, 6.07) is 8.01. The van der Waals surface area contributed by atoms with Gasteiger partial charge in [0.05, 0.1) is 19.3 Å². The van der Waals surface area contributed by atoms with E-state index in [1.807, 2.05) is 24.3 Å². The molecule has 5 heteroatoms. The fourth-order valence-electron chi connectivity index (χ4n) is 4.17. The van der Waals surface area contributed by atoms with Crippen LogP contribution >= 0.6 is 11.6 Å². The fourth-order valence-corrected chi connectivity index (χ4v) is 4.61. The van der Waals surface area contributed by atoms with Crippen LogP contribution in [0, 0.1) is 5.92 Å². The first-order valence-electron chi connectivity index (χ1n) is 10.8. The highest BCUT2D eigenvalue weighted by atomic mass is 35.5. The van der Waals surface area contributed by atoms with Crippen molar-refractivity contribution < 1.29 is 19.7 Å². The lowest BCUT2D eigenvalue weighted by Gasteiger charge is -2.23. The van der Waals surface area contributed by atoms with Gasteiger partial charge in [-0.25, -0.2) is 0 Å². The first kappa shape index (κ1) is 23.9. The number of alkyl halides is 1. The molecule has 1 aromatic carbocycles. The van der Waals surface area contributed by atoms with E-state index in [9.17, 15) is 15.0 Å². The Bertz CT molecular complexity index is 643. The number of aliphatic hydroxyl groups is 2. The Kier molecular flexibility index (Phi) is 10.2. The van der Waals surface area contributed by atoms with Gasteiger partial charge in [-0.3, -0.25) is 4.79 Å². The number of carbonyl (C=O) groups excluding carboxylic acids is 1. The molecule has 1 unspecified atom stereocenters. The lowest BCUT2D eigenvalue weighted by molar-refractivity contribution is -0.140. The number of esters is 1. The molecule has 1 aromatic rings. The molecule has 0 saturated heterocycles. The van der Waals surface area contributed by atoms with Crippen LogP contribution in [0.3, 0.4) is 0 Å². The molecule has 0 heterocycles. The first-order valence-corrected chi connectivity index (χ1v) is 11.2. The molecule has 0 spiro atoms. The van der Waals surface area contributed by atoms with Crippen LogP contribution in [-0.2, 0) is 9.53 Å². The number of halogens is 1. The summed E-state index contributed by atoms with van der Waals surface area (Å²) in [5.41, 5.74) is 2.01. The van der Waals surface area contributed by atoms with Gasteiger partial charge in [0.1, 0.15) is 0 Å². The third-order valence-corrected chi connectivity index (χ3v) is 6.40. The van der Waals surface area contributed by atoms with Gasteiger partial charge in [-0.15, -0.1) is 11.6 Å². The van der Waals surface area contributed by atoms with Gasteiger partial charge >= 0.3 is 5.97 Å². The summed E-state index contributed by atoms with van der Waals surface area (Å²) >= 11 is 6.56. The summed E-state index contributed by atoms with van der Waals surface area (Å²) in [5.74, 6) is -0.0140. The van der Waals surface area contributed by atoms with Gasteiger partial charge in [-0.1, -0.05) is 56.2 Å². The maximum Gasteiger partial charge on any atom is 0.305 e. The van der Waals surface area contributed by atoms with E-state index in [2.05, 4.69) is 23.8 Å². The molecule has 4 nitrogen and oxygen atoms in total. The summed E-state index contributed by atoms with van der Waals surface area (Å²) in [4.78, 5) is 11.1. The molecule has 162 valence electrons. The van der Waals surface area contributed by atoms with Gasteiger partial charge < -0.3 is 14.9 Å². The molecule has 1 fully saturated rings. The molecule has 29 heavy (non-hydrogen) atoms. The highest BCUT2D eigenvalue weighted by Gasteiger charge is 2.41. The average molecular weight is 423 g/mol. The zero-order chi connectivity index (χ0) is 21.2. The molecule has 1 aliphatic rings. The monoisotopic (exact) mass is 422 g/mol. The number of ether oxygens (including phenoxy) is 1. The highest BCUT2D eigenvalue weighted by molar-refractivity contribution is 6.21. The molecule has 0 radical (unpaired) electrons. The standard InChI is InChI=1S/C24H35ClO4/c1-3-4-10-21(26)17-12-14-18(15-13-17)24-19(20(25)16-22(24)27)9-7-5-6-8-11-23(28)29-2/h5,7,12-15,19-22,24,26-27H,3-4,6,8-11,16H2,1-2H3/b7-5-/t19-,20-,21?,22+,24+/m0/s1. The minimum absolute atomic E-state index is 0.000876. The third-order valence-electron chi connectivity index (χ3n) is 5.90. The Morgan fingerprint density at radius 3 is 2.66 bits per heavy atom. The minimum atomic E-state index is -0.453. The molecule has 5 atom stereocenters. The molecule has 0 bridgehead atoms. The number of methoxy groups -OCH3 is 1. The lowest BCUT2D eigenvalue weighted by Crippen LogP contribution is -2.18. The quantitative estimate of drug-likeness (QED) is 0.220. The number of benzene rings is 1. The van der Waals surface area contributed by atoms with Crippen LogP contribution in [0.25, 0.3) is 0 Å². The maximum absolute atomic E-state index is 11.1. The van der Waals surface area contributed by atoms with E-state index in [1.54, 1.807) is 0 Å². The number of hydrogen-bond donors (Lipinski definition) is 2. The third kappa shape index (κ3) is 7.13. The van der Waals surface area contributed by atoms with E-state index < -0.39 is 12.2 Å². The van der Waals surface area contributed by atoms with Crippen LogP contribution < -0.4 is 0 Å². The minimum Gasteiger partial charge on any atom is -0.469 e. The second-order valence-electron chi connectivity index (χ2n) is 8.01. The summed E-state index contributed by atoms with van der Waals surface area (Å²) in [6.45, 7) is 2.12. The summed E-state index contributed by atoms with van der Waals surface area (Å²) in [5, 5.41) is 20.8. The maximum atomic E-state index is 11.1. The van der Waals surface area contributed by atoms with Crippen molar-refractivity contribution in [3.8, 4) is 0 Å². The van der Waals surface area contributed by atoms with Crippen LogP contribution in [-0.4, -0.2) is 34.8 Å². The molecular formula is C24H35ClO4. The second kappa shape index (κ2) is 12.4. The van der Waals surface area contributed by atoms with Gasteiger partial charge in [-0.2, -0.15) is 0 Å². The van der Waals surface area contributed by atoms with Gasteiger partial charge in [0.25, 0.3) is 0 Å². The molecule has 0 aromatic heterocycles. The fraction of sp³-hybridized carbons (Fsp3) is 0.625. The normalized spacial score (nSPS) is 25.4. The predicted molar refractivity (Wildman–Crippen MR) is 117 cm³/mol. The summed E-state index contributed by atoms with van der Waals surface area (Å²) < 4.78 is 4.65. The zero-order valence-corrected chi connectivity index (χ0v) is 18.4. The molecule has 0 amide bonds. The van der Waals surface area contributed by atoms with Gasteiger partial charge in [-0.05, 0) is 49.1 Å². The topological polar surface area (TPSA) is 66.8 Å². The number of carbonyl (C=O) groups is 1. The summed E-state index contributed by atoms with van der Waals surface area (Å²) in [6.07, 6.45) is 9.58. The Balaban J connectivity index is 1.95. The number of rotatable bonds is 11. The van der Waals surface area contributed by atoms with Crippen LogP contribution in [0.1, 0.15) is 81.4 Å². The highest BCUT2D eigenvalue weighted by Crippen LogP contribution is 2.45. The molecule has 1 saturated carbocycles. The van der Waals surface area contributed by atoms with Crippen LogP contribution in [0.4, 0.5) is 0 Å². The zero-order valence-electron chi connectivity index (χ0n) is 17.6. The van der Waals surface area contributed by atoms with Crippen molar-refractivity contribution in [2.45, 2.75) is 81.8 Å². The van der Waals surface area contributed by atoms with Crippen LogP contribution in [0.2, 0.25) is 0 Å². The number of unbranched alkanes of at least 4 members (excludes halogenated alkanes) is 2. The van der Waals surface area contributed by atoms with Crippen molar-refractivity contribution in [2.24, 2.45) is 5.92 Å². The van der Waals surface area contributed by atoms with E-state index in [1.165, 1.54) is 7.11 Å². The van der Waals surface area contributed by atoms with Crippen LogP contribution in [0.15, 0.2) is 36.4 Å². The van der Waals surface area contributed by atoms with Crippen molar-refractivity contribution in [1.82, 2.24) is 0 Å². The average Bonchev–Trinajstić information content (AvgIpc) is 3.01. The largest absolute Gasteiger partial charge is 0.469 e. The Hall–Kier alpha value is -1.36. The van der Waals surface area contributed by atoms with Gasteiger partial charge in [0, 0.05) is 17.7 Å². The van der Waals surface area contributed by atoms with Crippen molar-refractivity contribution in [3.05, 3.63) is 47.5 Å².